The number of halogens is 1. The Morgan fingerprint density at radius 3 is 2.29 bits per heavy atom. The van der Waals surface area contributed by atoms with E-state index in [0.29, 0.717) is 31.0 Å². The third-order valence-corrected chi connectivity index (χ3v) is 5.24. The minimum Gasteiger partial charge on any atom is -0.355 e. The minimum atomic E-state index is -0.564. The lowest BCUT2D eigenvalue weighted by Crippen LogP contribution is -2.47. The molecule has 0 fully saturated rings. The lowest BCUT2D eigenvalue weighted by molar-refractivity contribution is -0.140. The summed E-state index contributed by atoms with van der Waals surface area (Å²) in [5.41, 5.74) is 3.23. The maximum absolute atomic E-state index is 13.0. The summed E-state index contributed by atoms with van der Waals surface area (Å²) in [4.78, 5) is 27.0. The van der Waals surface area contributed by atoms with Crippen molar-refractivity contribution in [3.8, 4) is 0 Å². The lowest BCUT2D eigenvalue weighted by Gasteiger charge is -2.29. The van der Waals surface area contributed by atoms with Crippen LogP contribution in [0.4, 0.5) is 0 Å². The molecule has 0 bridgehead atoms. The zero-order valence-electron chi connectivity index (χ0n) is 16.9. The Hall–Kier alpha value is -2.33. The van der Waals surface area contributed by atoms with Crippen molar-refractivity contribution in [1.82, 2.24) is 10.2 Å². The van der Waals surface area contributed by atoms with Gasteiger partial charge in [-0.25, -0.2) is 0 Å². The maximum Gasteiger partial charge on any atom is 0.242 e. The molecule has 1 atom stereocenters. The molecule has 0 saturated heterocycles. The van der Waals surface area contributed by atoms with Crippen molar-refractivity contribution < 1.29 is 9.59 Å². The predicted octanol–water partition coefficient (Wildman–Crippen LogP) is 4.39. The molecule has 0 radical (unpaired) electrons. The highest BCUT2D eigenvalue weighted by atomic mass is 35.5. The molecule has 28 heavy (non-hydrogen) atoms. The molecular weight excluding hydrogens is 372 g/mol. The van der Waals surface area contributed by atoms with Crippen LogP contribution in [0.3, 0.4) is 0 Å². The minimum absolute atomic E-state index is 0.0572. The molecule has 0 unspecified atom stereocenters. The van der Waals surface area contributed by atoms with Crippen molar-refractivity contribution in [1.29, 1.82) is 0 Å². The molecule has 0 spiro atoms. The molecular formula is C23H29ClN2O2. The van der Waals surface area contributed by atoms with Gasteiger partial charge in [0.15, 0.2) is 0 Å². The Morgan fingerprint density at radius 2 is 1.68 bits per heavy atom. The van der Waals surface area contributed by atoms with Gasteiger partial charge >= 0.3 is 0 Å². The second kappa shape index (κ2) is 10.9. The Balaban J connectivity index is 2.12. The third kappa shape index (κ3) is 6.10. The fourth-order valence-corrected chi connectivity index (χ4v) is 3.25. The van der Waals surface area contributed by atoms with Gasteiger partial charge in [-0.1, -0.05) is 61.0 Å². The van der Waals surface area contributed by atoms with Gasteiger partial charge < -0.3 is 10.2 Å². The van der Waals surface area contributed by atoms with E-state index in [1.165, 1.54) is 5.56 Å². The first-order chi connectivity index (χ1) is 13.5. The Kier molecular flexibility index (Phi) is 8.52. The lowest BCUT2D eigenvalue weighted by atomic mass is 10.0. The van der Waals surface area contributed by atoms with Gasteiger partial charge in [-0.2, -0.15) is 0 Å². The molecule has 0 heterocycles. The van der Waals surface area contributed by atoms with Gasteiger partial charge in [0.05, 0.1) is 0 Å². The predicted molar refractivity (Wildman–Crippen MR) is 114 cm³/mol. The highest BCUT2D eigenvalue weighted by Gasteiger charge is 2.26. The fourth-order valence-electron chi connectivity index (χ4n) is 3.05. The number of benzene rings is 2. The summed E-state index contributed by atoms with van der Waals surface area (Å²) in [6.07, 6.45) is 1.98. The molecule has 2 aromatic carbocycles. The number of hydrogen-bond acceptors (Lipinski definition) is 2. The van der Waals surface area contributed by atoms with Crippen LogP contribution in [0.2, 0.25) is 5.02 Å². The first-order valence-corrected chi connectivity index (χ1v) is 10.2. The molecule has 4 nitrogen and oxygen atoms in total. The monoisotopic (exact) mass is 400 g/mol. The molecule has 2 rings (SSSR count). The number of nitrogens with zero attached hydrogens (tertiary/aromatic N) is 1. The van der Waals surface area contributed by atoms with E-state index in [1.54, 1.807) is 17.9 Å². The van der Waals surface area contributed by atoms with E-state index in [1.807, 2.05) is 25.1 Å². The topological polar surface area (TPSA) is 49.4 Å². The molecule has 0 aliphatic carbocycles. The Morgan fingerprint density at radius 1 is 1.04 bits per heavy atom. The van der Waals surface area contributed by atoms with E-state index >= 15 is 0 Å². The molecule has 150 valence electrons. The average Bonchev–Trinajstić information content (AvgIpc) is 2.71. The summed E-state index contributed by atoms with van der Waals surface area (Å²) in [7, 11) is 0. The van der Waals surface area contributed by atoms with Crippen LogP contribution in [0, 0.1) is 0 Å². The van der Waals surface area contributed by atoms with Crippen molar-refractivity contribution in [2.45, 2.75) is 52.6 Å². The van der Waals surface area contributed by atoms with Crippen LogP contribution in [-0.4, -0.2) is 29.3 Å². The molecule has 2 amide bonds. The van der Waals surface area contributed by atoms with Crippen LogP contribution >= 0.6 is 11.6 Å². The molecule has 0 aliphatic rings. The van der Waals surface area contributed by atoms with Crippen molar-refractivity contribution in [3.63, 3.8) is 0 Å². The first kappa shape index (κ1) is 22.0. The number of carbonyl (C=O) groups is 2. The van der Waals surface area contributed by atoms with Gasteiger partial charge in [0.25, 0.3) is 0 Å². The van der Waals surface area contributed by atoms with Crippen LogP contribution in [0.15, 0.2) is 48.5 Å². The van der Waals surface area contributed by atoms with Crippen LogP contribution in [-0.2, 0) is 29.0 Å². The highest BCUT2D eigenvalue weighted by molar-refractivity contribution is 6.31. The smallest absolute Gasteiger partial charge is 0.242 e. The van der Waals surface area contributed by atoms with Crippen molar-refractivity contribution in [3.05, 3.63) is 70.2 Å². The summed E-state index contributed by atoms with van der Waals surface area (Å²) in [6.45, 7) is 6.58. The van der Waals surface area contributed by atoms with E-state index in [-0.39, 0.29) is 11.8 Å². The van der Waals surface area contributed by atoms with Crippen molar-refractivity contribution in [2.24, 2.45) is 0 Å². The normalized spacial score (nSPS) is 11.7. The van der Waals surface area contributed by atoms with E-state index in [0.717, 1.165) is 17.5 Å². The van der Waals surface area contributed by atoms with Crippen LogP contribution in [0.5, 0.6) is 0 Å². The quantitative estimate of drug-likeness (QED) is 0.678. The molecule has 0 aliphatic heterocycles. The summed E-state index contributed by atoms with van der Waals surface area (Å²) in [6, 6.07) is 15.2. The van der Waals surface area contributed by atoms with Crippen LogP contribution in [0.1, 0.15) is 43.9 Å². The average molecular weight is 401 g/mol. The number of nitrogens with one attached hydrogen (secondary N) is 1. The third-order valence-electron chi connectivity index (χ3n) is 4.88. The van der Waals surface area contributed by atoms with E-state index < -0.39 is 6.04 Å². The Labute approximate surface area is 172 Å². The second-order valence-corrected chi connectivity index (χ2v) is 7.26. The molecule has 0 aromatic heterocycles. The highest BCUT2D eigenvalue weighted by Crippen LogP contribution is 2.19. The molecule has 1 N–H and O–H groups in total. The number of amides is 2. The van der Waals surface area contributed by atoms with E-state index in [9.17, 15) is 9.59 Å². The van der Waals surface area contributed by atoms with E-state index in [4.69, 9.17) is 11.6 Å². The summed E-state index contributed by atoms with van der Waals surface area (Å²) < 4.78 is 0. The van der Waals surface area contributed by atoms with Crippen molar-refractivity contribution in [2.75, 3.05) is 6.54 Å². The molecule has 2 aromatic rings. The molecule has 5 heteroatoms. The van der Waals surface area contributed by atoms with Gasteiger partial charge in [0, 0.05) is 24.5 Å². The summed E-state index contributed by atoms with van der Waals surface area (Å²) in [5, 5.41) is 3.40. The van der Waals surface area contributed by atoms with Crippen molar-refractivity contribution >= 4 is 23.4 Å². The van der Waals surface area contributed by atoms with Crippen LogP contribution < -0.4 is 5.32 Å². The van der Waals surface area contributed by atoms with Gasteiger partial charge in [0.1, 0.15) is 6.04 Å². The standard InChI is InChI=1S/C23H29ClN2O2/c1-4-18-10-12-19(13-11-18)14-15-22(27)26(17(3)23(28)25-5-2)16-20-8-6-7-9-21(20)24/h6-13,17H,4-5,14-16H2,1-3H3,(H,25,28)/t17-/m1/s1. The van der Waals surface area contributed by atoms with Gasteiger partial charge in [-0.05, 0) is 49.4 Å². The zero-order chi connectivity index (χ0) is 20.5. The number of hydrogen-bond donors (Lipinski definition) is 1. The van der Waals surface area contributed by atoms with Gasteiger partial charge in [0.2, 0.25) is 11.8 Å². The zero-order valence-corrected chi connectivity index (χ0v) is 17.6. The largest absolute Gasteiger partial charge is 0.355 e. The van der Waals surface area contributed by atoms with Crippen LogP contribution in [0.25, 0.3) is 0 Å². The SMILES string of the molecule is CCNC(=O)[C@@H](C)N(Cc1ccccc1Cl)C(=O)CCc1ccc(CC)cc1. The number of carbonyl (C=O) groups excluding carboxylic acids is 2. The summed E-state index contributed by atoms with van der Waals surface area (Å²) >= 11 is 6.28. The molecule has 0 saturated carbocycles. The number of rotatable bonds is 9. The fraction of sp³-hybridized carbons (Fsp3) is 0.391. The summed E-state index contributed by atoms with van der Waals surface area (Å²) in [5.74, 6) is -0.214. The number of likely N-dealkylation sites (N-methyl/N-ethyl adjacent to an activating group) is 1. The van der Waals surface area contributed by atoms with Gasteiger partial charge in [-0.3, -0.25) is 9.59 Å². The van der Waals surface area contributed by atoms with Gasteiger partial charge in [-0.15, -0.1) is 0 Å². The first-order valence-electron chi connectivity index (χ1n) is 9.84. The van der Waals surface area contributed by atoms with E-state index in [2.05, 4.69) is 36.5 Å². The Bertz CT molecular complexity index is 789. The maximum atomic E-state index is 13.0. The number of aryl methyl sites for hydroxylation is 2. The second-order valence-electron chi connectivity index (χ2n) is 6.85.